The Morgan fingerprint density at radius 1 is 1.42 bits per heavy atom. The molecular formula is C11H7ClF3NO3. The van der Waals surface area contributed by atoms with Crippen LogP contribution in [-0.2, 0) is 4.74 Å². The molecule has 0 amide bonds. The fourth-order valence-corrected chi connectivity index (χ4v) is 1.86. The lowest BCUT2D eigenvalue weighted by molar-refractivity contribution is -0.140. The fraction of sp³-hybridized carbons (Fsp3) is 0.182. The first-order valence-electron chi connectivity index (χ1n) is 5.02. The van der Waals surface area contributed by atoms with Crippen LogP contribution >= 0.6 is 11.6 Å². The Bertz CT molecular complexity index is 557. The highest BCUT2D eigenvalue weighted by atomic mass is 35.5. The molecule has 2 N–H and O–H groups in total. The summed E-state index contributed by atoms with van der Waals surface area (Å²) in [5, 5.41) is 11.0. The summed E-state index contributed by atoms with van der Waals surface area (Å²) in [5.41, 5.74) is 0.522. The first-order chi connectivity index (χ1) is 8.77. The molecule has 0 saturated carbocycles. The van der Waals surface area contributed by atoms with Gasteiger partial charge in [0.1, 0.15) is 5.76 Å². The maximum Gasteiger partial charge on any atom is 0.511 e. The van der Waals surface area contributed by atoms with E-state index in [2.05, 4.69) is 10.1 Å². The van der Waals surface area contributed by atoms with Crippen LogP contribution in [-0.4, -0.2) is 23.5 Å². The van der Waals surface area contributed by atoms with E-state index in [-0.39, 0.29) is 5.69 Å². The van der Waals surface area contributed by atoms with E-state index in [1.165, 1.54) is 18.2 Å². The molecule has 4 nitrogen and oxygen atoms in total. The number of ether oxygens (including phenoxy) is 1. The summed E-state index contributed by atoms with van der Waals surface area (Å²) in [7, 11) is 0. The third-order valence-electron chi connectivity index (χ3n) is 2.43. The third kappa shape index (κ3) is 2.93. The highest BCUT2D eigenvalue weighted by Crippen LogP contribution is 2.36. The Kier molecular flexibility index (Phi) is 3.32. The van der Waals surface area contributed by atoms with Gasteiger partial charge in [-0.15, -0.1) is 0 Å². The molecule has 1 aromatic carbocycles. The molecule has 1 aromatic rings. The second-order valence-corrected chi connectivity index (χ2v) is 4.20. The van der Waals surface area contributed by atoms with Gasteiger partial charge in [-0.25, -0.2) is 4.79 Å². The molecule has 102 valence electrons. The monoisotopic (exact) mass is 293 g/mol. The number of fused-ring (bicyclic) bond motifs is 1. The van der Waals surface area contributed by atoms with Crippen molar-refractivity contribution in [2.75, 3.05) is 5.32 Å². The van der Waals surface area contributed by atoms with Gasteiger partial charge in [0.25, 0.3) is 0 Å². The number of hydrogen-bond donors (Lipinski definition) is 2. The van der Waals surface area contributed by atoms with Gasteiger partial charge in [0, 0.05) is 16.3 Å². The molecule has 2 rings (SSSR count). The van der Waals surface area contributed by atoms with E-state index in [4.69, 9.17) is 16.7 Å². The van der Waals surface area contributed by atoms with Crippen LogP contribution < -0.4 is 5.32 Å². The van der Waals surface area contributed by atoms with Gasteiger partial charge in [-0.3, -0.25) is 0 Å². The highest BCUT2D eigenvalue weighted by Gasteiger charge is 2.45. The molecule has 8 heteroatoms. The summed E-state index contributed by atoms with van der Waals surface area (Å²) in [6, 6.07) is 2.00. The molecule has 1 aliphatic heterocycles. The van der Waals surface area contributed by atoms with Crippen LogP contribution in [0.25, 0.3) is 6.08 Å². The standard InChI is InChI=1S/C11H7ClF3NO3/c12-6-1-2-7-5(3-6)4-8(19-10(17)18)9(16-7)11(13,14)15/h1-4,9,16H,(H,17,18). The Labute approximate surface area is 110 Å². The summed E-state index contributed by atoms with van der Waals surface area (Å²) in [6.07, 6.45) is -5.49. The lowest BCUT2D eigenvalue weighted by Gasteiger charge is -2.28. The van der Waals surface area contributed by atoms with Gasteiger partial charge in [-0.2, -0.15) is 13.2 Å². The normalized spacial score (nSPS) is 18.1. The van der Waals surface area contributed by atoms with E-state index in [1.807, 2.05) is 0 Å². The van der Waals surface area contributed by atoms with Gasteiger partial charge < -0.3 is 15.2 Å². The SMILES string of the molecule is O=C(O)OC1=Cc2cc(Cl)ccc2NC1C(F)(F)F. The molecule has 0 fully saturated rings. The van der Waals surface area contributed by atoms with Crippen LogP contribution in [0.5, 0.6) is 0 Å². The average molecular weight is 294 g/mol. The van der Waals surface area contributed by atoms with Crippen molar-refractivity contribution in [3.63, 3.8) is 0 Å². The maximum absolute atomic E-state index is 12.8. The molecule has 1 aliphatic rings. The van der Waals surface area contributed by atoms with Gasteiger partial charge in [-0.1, -0.05) is 11.6 Å². The van der Waals surface area contributed by atoms with Gasteiger partial charge >= 0.3 is 12.3 Å². The number of carbonyl (C=O) groups is 1. The van der Waals surface area contributed by atoms with E-state index in [0.717, 1.165) is 6.08 Å². The Morgan fingerprint density at radius 3 is 2.68 bits per heavy atom. The number of carboxylic acid groups (broad SMARTS) is 1. The Hall–Kier alpha value is -1.89. The highest BCUT2D eigenvalue weighted by molar-refractivity contribution is 6.30. The van der Waals surface area contributed by atoms with Crippen LogP contribution in [0.3, 0.4) is 0 Å². The van der Waals surface area contributed by atoms with E-state index in [0.29, 0.717) is 10.6 Å². The molecule has 1 heterocycles. The lowest BCUT2D eigenvalue weighted by Crippen LogP contribution is -2.40. The van der Waals surface area contributed by atoms with Gasteiger partial charge in [0.15, 0.2) is 6.04 Å². The molecule has 0 spiro atoms. The molecule has 19 heavy (non-hydrogen) atoms. The zero-order chi connectivity index (χ0) is 14.2. The van der Waals surface area contributed by atoms with Crippen molar-refractivity contribution in [3.05, 3.63) is 34.5 Å². The predicted molar refractivity (Wildman–Crippen MR) is 62.0 cm³/mol. The van der Waals surface area contributed by atoms with Crippen molar-refractivity contribution < 1.29 is 27.8 Å². The minimum absolute atomic E-state index is 0.199. The number of nitrogens with one attached hydrogen (secondary N) is 1. The summed E-state index contributed by atoms with van der Waals surface area (Å²) < 4.78 is 42.6. The van der Waals surface area contributed by atoms with Crippen molar-refractivity contribution in [3.8, 4) is 0 Å². The second kappa shape index (κ2) is 4.65. The van der Waals surface area contributed by atoms with Crippen LogP contribution in [0.1, 0.15) is 5.56 Å². The van der Waals surface area contributed by atoms with Crippen LogP contribution in [0.2, 0.25) is 5.02 Å². The van der Waals surface area contributed by atoms with Gasteiger partial charge in [0.05, 0.1) is 0 Å². The largest absolute Gasteiger partial charge is 0.511 e. The molecule has 1 unspecified atom stereocenters. The number of rotatable bonds is 1. The van der Waals surface area contributed by atoms with Gasteiger partial charge in [-0.05, 0) is 24.3 Å². The number of benzene rings is 1. The van der Waals surface area contributed by atoms with Crippen molar-refractivity contribution in [2.24, 2.45) is 0 Å². The number of alkyl halides is 3. The van der Waals surface area contributed by atoms with Gasteiger partial charge in [0.2, 0.25) is 0 Å². The minimum atomic E-state index is -4.68. The van der Waals surface area contributed by atoms with E-state index in [9.17, 15) is 18.0 Å². The summed E-state index contributed by atoms with van der Waals surface area (Å²) in [5.74, 6) is -0.741. The molecule has 0 radical (unpaired) electrons. The summed E-state index contributed by atoms with van der Waals surface area (Å²) in [4.78, 5) is 10.4. The average Bonchev–Trinajstić information content (AvgIpc) is 2.25. The lowest BCUT2D eigenvalue weighted by atomic mass is 10.0. The smallest absolute Gasteiger partial charge is 0.449 e. The number of anilines is 1. The zero-order valence-corrected chi connectivity index (χ0v) is 9.92. The molecule has 0 aliphatic carbocycles. The maximum atomic E-state index is 12.8. The first-order valence-corrected chi connectivity index (χ1v) is 5.40. The molecular weight excluding hydrogens is 287 g/mol. The number of hydrogen-bond acceptors (Lipinski definition) is 3. The second-order valence-electron chi connectivity index (χ2n) is 3.77. The molecule has 1 atom stereocenters. The summed E-state index contributed by atoms with van der Waals surface area (Å²) in [6.45, 7) is 0. The minimum Gasteiger partial charge on any atom is -0.449 e. The predicted octanol–water partition coefficient (Wildman–Crippen LogP) is 3.73. The van der Waals surface area contributed by atoms with E-state index >= 15 is 0 Å². The van der Waals surface area contributed by atoms with Crippen molar-refractivity contribution >= 4 is 29.5 Å². The quantitative estimate of drug-likeness (QED) is 0.775. The molecule has 0 aromatic heterocycles. The van der Waals surface area contributed by atoms with Crippen molar-refractivity contribution in [2.45, 2.75) is 12.2 Å². The van der Waals surface area contributed by atoms with Crippen LogP contribution in [0.15, 0.2) is 24.0 Å². The van der Waals surface area contributed by atoms with E-state index in [1.54, 1.807) is 0 Å². The summed E-state index contributed by atoms with van der Waals surface area (Å²) >= 11 is 5.72. The third-order valence-corrected chi connectivity index (χ3v) is 2.66. The number of halogens is 4. The first kappa shape index (κ1) is 13.5. The van der Waals surface area contributed by atoms with Crippen LogP contribution in [0.4, 0.5) is 23.7 Å². The molecule has 0 saturated heterocycles. The van der Waals surface area contributed by atoms with Crippen LogP contribution in [0, 0.1) is 0 Å². The van der Waals surface area contributed by atoms with Crippen molar-refractivity contribution in [1.29, 1.82) is 0 Å². The topological polar surface area (TPSA) is 58.6 Å². The molecule has 0 bridgehead atoms. The van der Waals surface area contributed by atoms with Crippen molar-refractivity contribution in [1.82, 2.24) is 0 Å². The van der Waals surface area contributed by atoms with E-state index < -0.39 is 24.1 Å². The Morgan fingerprint density at radius 2 is 2.11 bits per heavy atom. The Balaban J connectivity index is 2.46. The zero-order valence-electron chi connectivity index (χ0n) is 9.16. The fourth-order valence-electron chi connectivity index (χ4n) is 1.68.